The minimum Gasteiger partial charge on any atom is -0.460 e. The van der Waals surface area contributed by atoms with Crippen LogP contribution in [-0.2, 0) is 23.7 Å². The molecule has 2 rings (SSSR count). The van der Waals surface area contributed by atoms with Crippen LogP contribution in [0.2, 0.25) is 0 Å². The maximum absolute atomic E-state index is 12.1. The van der Waals surface area contributed by atoms with Gasteiger partial charge in [-0.25, -0.2) is 9.59 Å². The van der Waals surface area contributed by atoms with Crippen LogP contribution in [-0.4, -0.2) is 96.1 Å². The number of aliphatic hydroxyl groups excluding tert-OH is 1. The van der Waals surface area contributed by atoms with Gasteiger partial charge in [0.1, 0.15) is 25.4 Å². The summed E-state index contributed by atoms with van der Waals surface area (Å²) in [5.41, 5.74) is 2.49. The highest BCUT2D eigenvalue weighted by atomic mass is 16.6. The van der Waals surface area contributed by atoms with Gasteiger partial charge in [0, 0.05) is 25.5 Å². The Morgan fingerprint density at radius 1 is 0.711 bits per heavy atom. The summed E-state index contributed by atoms with van der Waals surface area (Å²) in [6.45, 7) is 0.526. The topological polar surface area (TPSA) is 154 Å². The molecule has 0 spiro atoms. The van der Waals surface area contributed by atoms with E-state index < -0.39 is 24.1 Å². The minimum atomic E-state index is -0.964. The molecule has 0 radical (unpaired) electrons. The van der Waals surface area contributed by atoms with Gasteiger partial charge in [-0.3, -0.25) is 0 Å². The van der Waals surface area contributed by atoms with Crippen molar-refractivity contribution in [3.8, 4) is 0 Å². The highest BCUT2D eigenvalue weighted by Crippen LogP contribution is 2.11. The predicted molar refractivity (Wildman–Crippen MR) is 141 cm³/mol. The number of carbonyl (C=O) groups excluding carboxylic acids is 2. The number of benzene rings is 2. The van der Waals surface area contributed by atoms with Crippen LogP contribution >= 0.6 is 0 Å². The average molecular weight is 534 g/mol. The Balaban J connectivity index is 1.46. The summed E-state index contributed by atoms with van der Waals surface area (Å²) in [6, 6.07) is 12.7. The molecule has 208 valence electrons. The van der Waals surface area contributed by atoms with Gasteiger partial charge in [0.15, 0.2) is 0 Å². The van der Waals surface area contributed by atoms with E-state index in [4.69, 9.17) is 23.7 Å². The maximum Gasteiger partial charge on any atom is 0.338 e. The van der Waals surface area contributed by atoms with Crippen molar-refractivity contribution in [1.29, 1.82) is 0 Å². The minimum absolute atomic E-state index is 0.0140. The van der Waals surface area contributed by atoms with E-state index in [0.717, 1.165) is 11.4 Å². The van der Waals surface area contributed by atoms with E-state index in [1.807, 2.05) is 0 Å². The zero-order chi connectivity index (χ0) is 27.6. The summed E-state index contributed by atoms with van der Waals surface area (Å²) in [7, 11) is 3.55. The van der Waals surface area contributed by atoms with Crippen LogP contribution in [0.5, 0.6) is 0 Å². The third kappa shape index (κ3) is 11.6. The van der Waals surface area contributed by atoms with E-state index in [0.29, 0.717) is 11.1 Å². The second-order valence-electron chi connectivity index (χ2n) is 8.03. The maximum atomic E-state index is 12.1. The fourth-order valence-electron chi connectivity index (χ4n) is 2.99. The standard InChI is InChI=1S/C26H35N3O9/c1-27-21-7-3-19(4-8-21)25(31)37-16-23(29-33)15-35-13-11-34-12-14-36-17-24(30)18-38-26(32)20-5-9-22(28-2)10-6-20/h3-10,23-24,27-28,30H,11-18H2,1-2H3. The zero-order valence-corrected chi connectivity index (χ0v) is 21.6. The van der Waals surface area contributed by atoms with Crippen molar-refractivity contribution in [3.05, 3.63) is 64.6 Å². The second-order valence-corrected chi connectivity index (χ2v) is 8.03. The number of aliphatic hydroxyl groups is 1. The first-order valence-corrected chi connectivity index (χ1v) is 12.1. The van der Waals surface area contributed by atoms with E-state index >= 15 is 0 Å². The van der Waals surface area contributed by atoms with Crippen molar-refractivity contribution in [2.24, 2.45) is 5.18 Å². The fraction of sp³-hybridized carbons (Fsp3) is 0.462. The molecule has 38 heavy (non-hydrogen) atoms. The number of anilines is 2. The summed E-state index contributed by atoms with van der Waals surface area (Å²) in [5, 5.41) is 18.7. The van der Waals surface area contributed by atoms with Crippen LogP contribution < -0.4 is 10.6 Å². The van der Waals surface area contributed by atoms with Crippen LogP contribution in [0.15, 0.2) is 53.7 Å². The lowest BCUT2D eigenvalue weighted by Crippen LogP contribution is -2.25. The lowest BCUT2D eigenvalue weighted by Gasteiger charge is -2.13. The molecule has 3 N–H and O–H groups in total. The third-order valence-corrected chi connectivity index (χ3v) is 5.15. The molecule has 2 unspecified atom stereocenters. The third-order valence-electron chi connectivity index (χ3n) is 5.15. The van der Waals surface area contributed by atoms with Crippen LogP contribution in [0.4, 0.5) is 11.4 Å². The van der Waals surface area contributed by atoms with Gasteiger partial charge in [0.25, 0.3) is 0 Å². The van der Waals surface area contributed by atoms with Gasteiger partial charge in [0.05, 0.1) is 50.8 Å². The number of nitrogens with zero attached hydrogens (tertiary/aromatic N) is 1. The molecule has 2 aromatic carbocycles. The molecular weight excluding hydrogens is 498 g/mol. The summed E-state index contributed by atoms with van der Waals surface area (Å²) < 4.78 is 26.2. The molecule has 0 fully saturated rings. The first-order chi connectivity index (χ1) is 18.5. The molecule has 0 aliphatic carbocycles. The van der Waals surface area contributed by atoms with Gasteiger partial charge < -0.3 is 39.4 Å². The Labute approximate surface area is 221 Å². The number of rotatable bonds is 19. The first-order valence-electron chi connectivity index (χ1n) is 12.1. The van der Waals surface area contributed by atoms with Crippen molar-refractivity contribution in [2.75, 3.05) is 77.6 Å². The molecule has 0 heterocycles. The number of ether oxygens (including phenoxy) is 5. The van der Waals surface area contributed by atoms with E-state index in [9.17, 15) is 19.6 Å². The van der Waals surface area contributed by atoms with Crippen molar-refractivity contribution in [3.63, 3.8) is 0 Å². The Morgan fingerprint density at radius 2 is 1.16 bits per heavy atom. The van der Waals surface area contributed by atoms with Gasteiger partial charge in [-0.05, 0) is 48.5 Å². The van der Waals surface area contributed by atoms with E-state index in [1.54, 1.807) is 62.6 Å². The number of carbonyl (C=O) groups is 2. The second kappa shape index (κ2) is 17.8. The molecule has 12 heteroatoms. The quantitative estimate of drug-likeness (QED) is 0.138. The number of esters is 2. The molecule has 0 saturated carbocycles. The monoisotopic (exact) mass is 533 g/mol. The fourth-order valence-corrected chi connectivity index (χ4v) is 2.99. The zero-order valence-electron chi connectivity index (χ0n) is 21.6. The van der Waals surface area contributed by atoms with Crippen LogP contribution in [0.25, 0.3) is 0 Å². The van der Waals surface area contributed by atoms with Gasteiger partial charge in [0.2, 0.25) is 0 Å². The Kier molecular flexibility index (Phi) is 14.4. The van der Waals surface area contributed by atoms with Gasteiger partial charge in [-0.15, -0.1) is 0 Å². The number of nitrogens with one attached hydrogen (secondary N) is 2. The van der Waals surface area contributed by atoms with Crippen molar-refractivity contribution in [2.45, 2.75) is 12.1 Å². The number of hydrogen-bond acceptors (Lipinski definition) is 12. The van der Waals surface area contributed by atoms with Gasteiger partial charge >= 0.3 is 11.9 Å². The van der Waals surface area contributed by atoms with Crippen molar-refractivity contribution in [1.82, 2.24) is 0 Å². The lowest BCUT2D eigenvalue weighted by molar-refractivity contribution is -0.0306. The Morgan fingerprint density at radius 3 is 1.63 bits per heavy atom. The molecule has 0 aliphatic heterocycles. The Bertz CT molecular complexity index is 971. The normalized spacial score (nSPS) is 12.3. The van der Waals surface area contributed by atoms with E-state index in [1.165, 1.54) is 0 Å². The summed E-state index contributed by atoms with van der Waals surface area (Å²) in [5.74, 6) is -1.08. The van der Waals surface area contributed by atoms with Crippen LogP contribution in [0.1, 0.15) is 20.7 Å². The predicted octanol–water partition coefficient (Wildman–Crippen LogP) is 2.33. The molecule has 0 bridgehead atoms. The van der Waals surface area contributed by atoms with Crippen LogP contribution in [0.3, 0.4) is 0 Å². The molecule has 2 aromatic rings. The summed E-state index contributed by atoms with van der Waals surface area (Å²) in [4.78, 5) is 35.0. The average Bonchev–Trinajstić information content (AvgIpc) is 2.96. The smallest absolute Gasteiger partial charge is 0.338 e. The highest BCUT2D eigenvalue weighted by Gasteiger charge is 2.14. The first kappa shape index (κ1) is 30.6. The summed E-state index contributed by atoms with van der Waals surface area (Å²) in [6.07, 6.45) is -0.964. The molecule has 0 aromatic heterocycles. The van der Waals surface area contributed by atoms with Crippen molar-refractivity contribution < 1.29 is 38.4 Å². The highest BCUT2D eigenvalue weighted by molar-refractivity contribution is 5.90. The largest absolute Gasteiger partial charge is 0.460 e. The molecule has 2 atom stereocenters. The van der Waals surface area contributed by atoms with Crippen molar-refractivity contribution >= 4 is 23.3 Å². The molecule has 12 nitrogen and oxygen atoms in total. The molecular formula is C26H35N3O9. The Hall–Kier alpha value is -3.58. The van der Waals surface area contributed by atoms with Gasteiger partial charge in [-0.1, -0.05) is 5.18 Å². The molecule has 0 saturated heterocycles. The molecule has 0 amide bonds. The number of nitroso groups, excluding NO2 is 1. The summed E-state index contributed by atoms with van der Waals surface area (Å²) >= 11 is 0. The van der Waals surface area contributed by atoms with E-state index in [-0.39, 0.29) is 52.9 Å². The lowest BCUT2D eigenvalue weighted by atomic mass is 10.2. The van der Waals surface area contributed by atoms with Crippen LogP contribution in [0, 0.1) is 4.91 Å². The van der Waals surface area contributed by atoms with Gasteiger partial charge in [-0.2, -0.15) is 4.91 Å². The SMILES string of the molecule is CNc1ccc(C(=O)OCC(O)COCCOCCOCC(COC(=O)c2ccc(NC)cc2)N=O)cc1. The number of hydrogen-bond donors (Lipinski definition) is 3. The molecule has 0 aliphatic rings. The van der Waals surface area contributed by atoms with E-state index in [2.05, 4.69) is 15.8 Å².